The molecular formula is C16H18N2O2S. The highest BCUT2D eigenvalue weighted by molar-refractivity contribution is 7.09. The van der Waals surface area contributed by atoms with Gasteiger partial charge in [0.25, 0.3) is 0 Å². The number of phenols is 1. The molecule has 1 aliphatic heterocycles. The van der Waals surface area contributed by atoms with E-state index < -0.39 is 0 Å². The molecule has 0 bridgehead atoms. The van der Waals surface area contributed by atoms with Crippen LogP contribution in [-0.2, 0) is 4.79 Å². The number of aromatic nitrogens is 1. The molecule has 1 aromatic heterocycles. The number of thiazole rings is 1. The van der Waals surface area contributed by atoms with Crippen LogP contribution in [0.15, 0.2) is 17.5 Å². The number of hydrogen-bond acceptors (Lipinski definition) is 4. The number of carbonyl (C=O) groups excluding carboxylic acids is 1. The Morgan fingerprint density at radius 2 is 2.19 bits per heavy atom. The average molecular weight is 302 g/mol. The van der Waals surface area contributed by atoms with Crippen LogP contribution < -0.4 is 5.32 Å². The molecule has 1 aliphatic rings. The molecule has 0 saturated heterocycles. The smallest absolute Gasteiger partial charge is 0.225 e. The summed E-state index contributed by atoms with van der Waals surface area (Å²) >= 11 is 1.61. The molecule has 3 rings (SSSR count). The average Bonchev–Trinajstić information content (AvgIpc) is 2.89. The number of aryl methyl sites for hydroxylation is 1. The number of carbonyl (C=O) groups is 1. The van der Waals surface area contributed by atoms with E-state index in [-0.39, 0.29) is 17.6 Å². The van der Waals surface area contributed by atoms with Gasteiger partial charge in [0.05, 0.1) is 5.69 Å². The van der Waals surface area contributed by atoms with Gasteiger partial charge in [-0.1, -0.05) is 13.8 Å². The summed E-state index contributed by atoms with van der Waals surface area (Å²) in [6, 6.07) is 3.58. The van der Waals surface area contributed by atoms with Crippen molar-refractivity contribution in [2.45, 2.75) is 39.0 Å². The van der Waals surface area contributed by atoms with Crippen LogP contribution >= 0.6 is 11.3 Å². The van der Waals surface area contributed by atoms with Crippen molar-refractivity contribution in [1.82, 2.24) is 4.98 Å². The lowest BCUT2D eigenvalue weighted by Crippen LogP contribution is -2.23. The van der Waals surface area contributed by atoms with Gasteiger partial charge < -0.3 is 10.4 Å². The summed E-state index contributed by atoms with van der Waals surface area (Å²) in [6.45, 7) is 6.09. The summed E-state index contributed by atoms with van der Waals surface area (Å²) in [5.41, 5.74) is 3.61. The number of aromatic hydroxyl groups is 1. The van der Waals surface area contributed by atoms with Crippen LogP contribution in [0.2, 0.25) is 0 Å². The number of nitrogens with one attached hydrogen (secondary N) is 1. The highest BCUT2D eigenvalue weighted by Gasteiger charge is 2.29. The van der Waals surface area contributed by atoms with E-state index in [1.54, 1.807) is 17.4 Å². The first-order valence-electron chi connectivity index (χ1n) is 7.04. The molecule has 21 heavy (non-hydrogen) atoms. The van der Waals surface area contributed by atoms with Crippen molar-refractivity contribution in [3.8, 4) is 5.75 Å². The van der Waals surface area contributed by atoms with Crippen LogP contribution in [0.3, 0.4) is 0 Å². The summed E-state index contributed by atoms with van der Waals surface area (Å²) in [7, 11) is 0. The van der Waals surface area contributed by atoms with Crippen molar-refractivity contribution in [2.24, 2.45) is 0 Å². The van der Waals surface area contributed by atoms with Crippen LogP contribution in [0.1, 0.15) is 53.9 Å². The Bertz CT molecular complexity index is 706. The molecule has 4 nitrogen and oxygen atoms in total. The molecule has 0 spiro atoms. The second-order valence-electron chi connectivity index (χ2n) is 5.80. The highest BCUT2D eigenvalue weighted by atomic mass is 32.1. The van der Waals surface area contributed by atoms with Gasteiger partial charge in [-0.05, 0) is 30.0 Å². The lowest BCUT2D eigenvalue weighted by Gasteiger charge is -2.25. The number of rotatable bonds is 2. The van der Waals surface area contributed by atoms with Crippen LogP contribution in [-0.4, -0.2) is 16.0 Å². The molecular weight excluding hydrogens is 284 g/mol. The van der Waals surface area contributed by atoms with E-state index >= 15 is 0 Å². The lowest BCUT2D eigenvalue weighted by molar-refractivity contribution is -0.116. The summed E-state index contributed by atoms with van der Waals surface area (Å²) < 4.78 is 0. The summed E-state index contributed by atoms with van der Waals surface area (Å²) in [5, 5.41) is 15.7. The van der Waals surface area contributed by atoms with Crippen molar-refractivity contribution in [3.63, 3.8) is 0 Å². The molecule has 0 aliphatic carbocycles. The third-order valence-corrected chi connectivity index (χ3v) is 4.81. The molecule has 2 heterocycles. The Labute approximate surface area is 127 Å². The highest BCUT2D eigenvalue weighted by Crippen LogP contribution is 2.41. The fourth-order valence-corrected chi connectivity index (χ4v) is 3.66. The molecule has 0 saturated carbocycles. The summed E-state index contributed by atoms with van der Waals surface area (Å²) in [6.07, 6.45) is 0.405. The Hall–Kier alpha value is -1.88. The van der Waals surface area contributed by atoms with Crippen LogP contribution in [0.25, 0.3) is 0 Å². The van der Waals surface area contributed by atoms with Crippen molar-refractivity contribution in [2.75, 3.05) is 5.32 Å². The minimum Gasteiger partial charge on any atom is -0.508 e. The molecule has 2 N–H and O–H groups in total. The van der Waals surface area contributed by atoms with Crippen LogP contribution in [0.5, 0.6) is 5.75 Å². The topological polar surface area (TPSA) is 62.2 Å². The lowest BCUT2D eigenvalue weighted by atomic mass is 9.89. The molecule has 0 fully saturated rings. The molecule has 1 aromatic carbocycles. The summed E-state index contributed by atoms with van der Waals surface area (Å²) in [4.78, 5) is 16.6. The quantitative estimate of drug-likeness (QED) is 0.888. The standard InChI is InChI=1S/C16H18N2O2S/c1-8(2)13-7-21-16(18-13)11-5-15(20)17-12-6-14(19)9(3)4-10(11)12/h4,6-8,11,19H,5H2,1-3H3,(H,17,20). The number of fused-ring (bicyclic) bond motifs is 1. The van der Waals surface area contributed by atoms with E-state index in [0.717, 1.165) is 21.8 Å². The summed E-state index contributed by atoms with van der Waals surface area (Å²) in [5.74, 6) is 0.535. The van der Waals surface area contributed by atoms with E-state index in [1.165, 1.54) is 0 Å². The van der Waals surface area contributed by atoms with Crippen molar-refractivity contribution < 1.29 is 9.90 Å². The second-order valence-corrected chi connectivity index (χ2v) is 6.69. The first-order chi connectivity index (χ1) is 9.95. The molecule has 1 amide bonds. The van der Waals surface area contributed by atoms with Crippen LogP contribution in [0, 0.1) is 6.92 Å². The second kappa shape index (κ2) is 5.15. The van der Waals surface area contributed by atoms with Crippen molar-refractivity contribution in [3.05, 3.63) is 39.3 Å². The molecule has 2 aromatic rings. The van der Waals surface area contributed by atoms with Gasteiger partial charge in [-0.2, -0.15) is 0 Å². The molecule has 110 valence electrons. The minimum absolute atomic E-state index is 0.0226. The number of hydrogen-bond donors (Lipinski definition) is 2. The largest absolute Gasteiger partial charge is 0.508 e. The fraction of sp³-hybridized carbons (Fsp3) is 0.375. The predicted octanol–water partition coefficient (Wildman–Crippen LogP) is 3.75. The predicted molar refractivity (Wildman–Crippen MR) is 84.1 cm³/mol. The van der Waals surface area contributed by atoms with E-state index in [0.29, 0.717) is 18.0 Å². The van der Waals surface area contributed by atoms with E-state index in [9.17, 15) is 9.90 Å². The van der Waals surface area contributed by atoms with Gasteiger partial charge in [0.15, 0.2) is 0 Å². The third kappa shape index (κ3) is 2.53. The number of benzene rings is 1. The first-order valence-corrected chi connectivity index (χ1v) is 7.92. The molecule has 1 unspecified atom stereocenters. The van der Waals surface area contributed by atoms with E-state index in [1.807, 2.05) is 13.0 Å². The number of nitrogens with zero attached hydrogens (tertiary/aromatic N) is 1. The van der Waals surface area contributed by atoms with E-state index in [4.69, 9.17) is 4.98 Å². The van der Waals surface area contributed by atoms with Crippen LogP contribution in [0.4, 0.5) is 5.69 Å². The van der Waals surface area contributed by atoms with Gasteiger partial charge in [0, 0.05) is 29.5 Å². The Morgan fingerprint density at radius 3 is 2.86 bits per heavy atom. The minimum atomic E-state index is -0.0305. The van der Waals surface area contributed by atoms with Gasteiger partial charge >= 0.3 is 0 Å². The molecule has 5 heteroatoms. The number of phenolic OH excluding ortho intramolecular Hbond substituents is 1. The first kappa shape index (κ1) is 14.1. The van der Waals surface area contributed by atoms with Crippen molar-refractivity contribution >= 4 is 22.9 Å². The van der Waals surface area contributed by atoms with Gasteiger partial charge in [-0.3, -0.25) is 4.79 Å². The normalized spacial score (nSPS) is 17.7. The van der Waals surface area contributed by atoms with Gasteiger partial charge in [0.1, 0.15) is 10.8 Å². The maximum atomic E-state index is 11.9. The monoisotopic (exact) mass is 302 g/mol. The Balaban J connectivity index is 2.07. The van der Waals surface area contributed by atoms with Gasteiger partial charge in [-0.15, -0.1) is 11.3 Å². The Kier molecular flexibility index (Phi) is 3.45. The Morgan fingerprint density at radius 1 is 1.43 bits per heavy atom. The zero-order valence-electron chi connectivity index (χ0n) is 12.3. The maximum Gasteiger partial charge on any atom is 0.225 e. The zero-order chi connectivity index (χ0) is 15.1. The van der Waals surface area contributed by atoms with Crippen molar-refractivity contribution in [1.29, 1.82) is 0 Å². The SMILES string of the molecule is Cc1cc2c(cc1O)NC(=O)CC2c1nc(C(C)C)cs1. The zero-order valence-corrected chi connectivity index (χ0v) is 13.1. The number of amides is 1. The molecule has 1 atom stereocenters. The van der Waals surface area contributed by atoms with E-state index in [2.05, 4.69) is 24.5 Å². The third-order valence-electron chi connectivity index (χ3n) is 3.84. The van der Waals surface area contributed by atoms with Gasteiger partial charge in [0.2, 0.25) is 5.91 Å². The fourth-order valence-electron chi connectivity index (χ4n) is 2.56. The number of anilines is 1. The van der Waals surface area contributed by atoms with Gasteiger partial charge in [-0.25, -0.2) is 4.98 Å². The maximum absolute atomic E-state index is 11.9. The molecule has 0 radical (unpaired) electrons.